The van der Waals surface area contributed by atoms with Gasteiger partial charge in [0, 0.05) is 32.1 Å². The lowest BCUT2D eigenvalue weighted by Gasteiger charge is -2.55. The Bertz CT molecular complexity index is 259. The summed E-state index contributed by atoms with van der Waals surface area (Å²) in [6.07, 6.45) is 4.67. The number of hydrogen-bond acceptors (Lipinski definition) is 2. The van der Waals surface area contributed by atoms with Crippen molar-refractivity contribution < 1.29 is 4.79 Å². The summed E-state index contributed by atoms with van der Waals surface area (Å²) in [7, 11) is 1.75. The van der Waals surface area contributed by atoms with Crippen molar-refractivity contribution in [1.29, 1.82) is 0 Å². The van der Waals surface area contributed by atoms with Crippen molar-refractivity contribution in [2.75, 3.05) is 20.1 Å². The first kappa shape index (κ1) is 11.9. The van der Waals surface area contributed by atoms with Crippen molar-refractivity contribution in [2.45, 2.75) is 45.6 Å². The first-order valence-electron chi connectivity index (χ1n) is 6.52. The Kier molecular flexibility index (Phi) is 3.24. The van der Waals surface area contributed by atoms with Gasteiger partial charge in [-0.25, -0.2) is 0 Å². The molecule has 0 unspecified atom stereocenters. The molecule has 3 heteroatoms. The molecule has 2 fully saturated rings. The molecule has 1 saturated heterocycles. The van der Waals surface area contributed by atoms with Crippen molar-refractivity contribution in [2.24, 2.45) is 11.3 Å². The lowest BCUT2D eigenvalue weighted by Crippen LogP contribution is -2.60. The van der Waals surface area contributed by atoms with Crippen LogP contribution in [0.4, 0.5) is 0 Å². The van der Waals surface area contributed by atoms with Crippen LogP contribution < -0.4 is 5.32 Å². The van der Waals surface area contributed by atoms with Gasteiger partial charge in [-0.1, -0.05) is 0 Å². The first-order chi connectivity index (χ1) is 7.56. The molecule has 1 heterocycles. The number of carbonyl (C=O) groups excluding carboxylic acids is 1. The Morgan fingerprint density at radius 1 is 1.31 bits per heavy atom. The van der Waals surface area contributed by atoms with Crippen molar-refractivity contribution in [3.8, 4) is 0 Å². The highest BCUT2D eigenvalue weighted by Crippen LogP contribution is 2.46. The molecule has 1 N–H and O–H groups in total. The van der Waals surface area contributed by atoms with Gasteiger partial charge in [-0.2, -0.15) is 0 Å². The average molecular weight is 224 g/mol. The molecule has 0 aromatic rings. The van der Waals surface area contributed by atoms with Crippen LogP contribution in [-0.2, 0) is 4.79 Å². The minimum Gasteiger partial charge on any atom is -0.359 e. The molecular formula is C13H24N2O. The van der Waals surface area contributed by atoms with Crippen molar-refractivity contribution in [3.05, 3.63) is 0 Å². The van der Waals surface area contributed by atoms with Gasteiger partial charge in [0.15, 0.2) is 0 Å². The molecule has 3 nitrogen and oxygen atoms in total. The van der Waals surface area contributed by atoms with E-state index in [9.17, 15) is 4.79 Å². The molecular weight excluding hydrogens is 200 g/mol. The maximum Gasteiger partial charge on any atom is 0.222 e. The summed E-state index contributed by atoms with van der Waals surface area (Å²) in [5.74, 6) is 0.526. The molecule has 0 radical (unpaired) electrons. The molecule has 1 spiro atoms. The van der Waals surface area contributed by atoms with Crippen LogP contribution >= 0.6 is 0 Å². The predicted molar refractivity (Wildman–Crippen MR) is 65.2 cm³/mol. The third-order valence-corrected chi connectivity index (χ3v) is 4.47. The third-order valence-electron chi connectivity index (χ3n) is 4.47. The summed E-state index contributed by atoms with van der Waals surface area (Å²) in [5, 5.41) is 2.78. The summed E-state index contributed by atoms with van der Waals surface area (Å²) >= 11 is 0. The molecule has 1 aliphatic carbocycles. The van der Waals surface area contributed by atoms with Gasteiger partial charge in [0.1, 0.15) is 0 Å². The molecule has 92 valence electrons. The standard InChI is InChI=1S/C13H24N2O/c1-10(2)15-8-13(9-15)6-4-11(5-7-13)12(16)14-3/h10-11H,4-9H2,1-3H3,(H,14,16). The van der Waals surface area contributed by atoms with Gasteiger partial charge in [-0.3, -0.25) is 9.69 Å². The average Bonchev–Trinajstić information content (AvgIpc) is 2.24. The number of rotatable bonds is 2. The van der Waals surface area contributed by atoms with E-state index in [2.05, 4.69) is 24.1 Å². The number of nitrogens with one attached hydrogen (secondary N) is 1. The molecule has 1 saturated carbocycles. The number of carbonyl (C=O) groups is 1. The Morgan fingerprint density at radius 3 is 2.31 bits per heavy atom. The molecule has 0 bridgehead atoms. The number of hydrogen-bond donors (Lipinski definition) is 1. The van der Waals surface area contributed by atoms with E-state index in [0.717, 1.165) is 12.8 Å². The highest BCUT2D eigenvalue weighted by molar-refractivity contribution is 5.78. The second kappa shape index (κ2) is 4.36. The predicted octanol–water partition coefficient (Wildman–Crippen LogP) is 1.63. The zero-order chi connectivity index (χ0) is 11.8. The summed E-state index contributed by atoms with van der Waals surface area (Å²) in [6.45, 7) is 7.04. The van der Waals surface area contributed by atoms with Gasteiger partial charge in [0.05, 0.1) is 0 Å². The molecule has 0 atom stereocenters. The van der Waals surface area contributed by atoms with Crippen molar-refractivity contribution >= 4 is 5.91 Å². The zero-order valence-corrected chi connectivity index (χ0v) is 10.8. The van der Waals surface area contributed by atoms with Crippen LogP contribution in [0.2, 0.25) is 0 Å². The second-order valence-electron chi connectivity index (χ2n) is 5.89. The quantitative estimate of drug-likeness (QED) is 0.773. The number of likely N-dealkylation sites (tertiary alicyclic amines) is 1. The van der Waals surface area contributed by atoms with Crippen LogP contribution in [0.3, 0.4) is 0 Å². The monoisotopic (exact) mass is 224 g/mol. The van der Waals surface area contributed by atoms with E-state index >= 15 is 0 Å². The highest BCUT2D eigenvalue weighted by atomic mass is 16.1. The van der Waals surface area contributed by atoms with Gasteiger partial charge < -0.3 is 5.32 Å². The zero-order valence-electron chi connectivity index (χ0n) is 10.8. The summed E-state index contributed by atoms with van der Waals surface area (Å²) in [4.78, 5) is 14.1. The van der Waals surface area contributed by atoms with Gasteiger partial charge in [0.2, 0.25) is 5.91 Å². The van der Waals surface area contributed by atoms with Crippen LogP contribution in [-0.4, -0.2) is 37.0 Å². The molecule has 2 rings (SSSR count). The largest absolute Gasteiger partial charge is 0.359 e. The van der Waals surface area contributed by atoms with Crippen molar-refractivity contribution in [1.82, 2.24) is 10.2 Å². The summed E-state index contributed by atoms with van der Waals surface area (Å²) < 4.78 is 0. The third kappa shape index (κ3) is 2.10. The van der Waals surface area contributed by atoms with Gasteiger partial charge in [-0.05, 0) is 44.9 Å². The molecule has 16 heavy (non-hydrogen) atoms. The van der Waals surface area contributed by atoms with Crippen LogP contribution in [0.1, 0.15) is 39.5 Å². The fourth-order valence-corrected chi connectivity index (χ4v) is 3.19. The van der Waals surface area contributed by atoms with Crippen molar-refractivity contribution in [3.63, 3.8) is 0 Å². The minimum atomic E-state index is 0.245. The fraction of sp³-hybridized carbons (Fsp3) is 0.923. The smallest absolute Gasteiger partial charge is 0.222 e. The van der Waals surface area contributed by atoms with E-state index in [-0.39, 0.29) is 11.8 Å². The normalized spacial score (nSPS) is 25.8. The van der Waals surface area contributed by atoms with Gasteiger partial charge >= 0.3 is 0 Å². The summed E-state index contributed by atoms with van der Waals surface area (Å²) in [5.41, 5.74) is 0.564. The summed E-state index contributed by atoms with van der Waals surface area (Å²) in [6, 6.07) is 0.683. The Labute approximate surface area is 98.6 Å². The first-order valence-corrected chi connectivity index (χ1v) is 6.52. The maximum atomic E-state index is 11.5. The number of amides is 1. The molecule has 1 amide bonds. The van der Waals surface area contributed by atoms with Crippen LogP contribution in [0.25, 0.3) is 0 Å². The van der Waals surface area contributed by atoms with E-state index in [1.165, 1.54) is 25.9 Å². The fourth-order valence-electron chi connectivity index (χ4n) is 3.19. The van der Waals surface area contributed by atoms with Gasteiger partial charge in [0.25, 0.3) is 0 Å². The Balaban J connectivity index is 1.81. The van der Waals surface area contributed by atoms with E-state index in [4.69, 9.17) is 0 Å². The molecule has 0 aromatic carbocycles. The van der Waals surface area contributed by atoms with E-state index < -0.39 is 0 Å². The molecule has 2 aliphatic rings. The van der Waals surface area contributed by atoms with Crippen LogP contribution in [0.15, 0.2) is 0 Å². The Morgan fingerprint density at radius 2 is 1.88 bits per heavy atom. The molecule has 0 aromatic heterocycles. The van der Waals surface area contributed by atoms with Crippen LogP contribution in [0.5, 0.6) is 0 Å². The van der Waals surface area contributed by atoms with Gasteiger partial charge in [-0.15, -0.1) is 0 Å². The van der Waals surface area contributed by atoms with Crippen LogP contribution in [0, 0.1) is 11.3 Å². The van der Waals surface area contributed by atoms with E-state index in [1.54, 1.807) is 7.05 Å². The second-order valence-corrected chi connectivity index (χ2v) is 5.89. The maximum absolute atomic E-state index is 11.5. The SMILES string of the molecule is CNC(=O)C1CCC2(CC1)CN(C(C)C)C2. The Hall–Kier alpha value is -0.570. The lowest BCUT2D eigenvalue weighted by atomic mass is 9.65. The lowest BCUT2D eigenvalue weighted by molar-refractivity contribution is -0.128. The minimum absolute atomic E-state index is 0.245. The number of nitrogens with zero attached hydrogens (tertiary/aromatic N) is 1. The highest BCUT2D eigenvalue weighted by Gasteiger charge is 2.46. The van der Waals surface area contributed by atoms with E-state index in [0.29, 0.717) is 11.5 Å². The molecule has 1 aliphatic heterocycles. The topological polar surface area (TPSA) is 32.3 Å². The van der Waals surface area contributed by atoms with E-state index in [1.807, 2.05) is 0 Å².